The quantitative estimate of drug-likeness (QED) is 0.306. The first-order valence-electron chi connectivity index (χ1n) is 14.2. The van der Waals surface area contributed by atoms with Crippen molar-refractivity contribution in [1.82, 2.24) is 10.6 Å². The highest BCUT2D eigenvalue weighted by Gasteiger charge is 2.32. The first kappa shape index (κ1) is 27.2. The van der Waals surface area contributed by atoms with Crippen LogP contribution in [0.5, 0.6) is 0 Å². The summed E-state index contributed by atoms with van der Waals surface area (Å²) < 4.78 is 0. The predicted octanol–water partition coefficient (Wildman–Crippen LogP) is 7.81. The summed E-state index contributed by atoms with van der Waals surface area (Å²) in [5.41, 5.74) is 0. The van der Waals surface area contributed by atoms with Crippen LogP contribution in [0.4, 0.5) is 0 Å². The van der Waals surface area contributed by atoms with Gasteiger partial charge in [0.15, 0.2) is 0 Å². The van der Waals surface area contributed by atoms with Crippen LogP contribution in [-0.4, -0.2) is 24.2 Å². The fourth-order valence-corrected chi connectivity index (χ4v) is 6.18. The highest BCUT2D eigenvalue weighted by molar-refractivity contribution is 4.89. The molecule has 184 valence electrons. The summed E-state index contributed by atoms with van der Waals surface area (Å²) >= 11 is 0. The molecule has 4 unspecified atom stereocenters. The molecular formula is C29H58N2. The molecule has 2 nitrogen and oxygen atoms in total. The van der Waals surface area contributed by atoms with E-state index in [1.807, 2.05) is 0 Å². The summed E-state index contributed by atoms with van der Waals surface area (Å²) in [5, 5.41) is 7.89. The van der Waals surface area contributed by atoms with Crippen molar-refractivity contribution >= 4 is 0 Å². The number of nitrogens with one attached hydrogen (secondary N) is 2. The third-order valence-electron chi connectivity index (χ3n) is 8.65. The standard InChI is InChI=1S/C29H58N2/c1-20(2)26-16-24(17-27(30-26)21(3)4)14-12-10-9-11-13-15-25-18-28(22(5)6)31-29(19-25)23(7)8/h20-31H,9-19H2,1-8H3. The van der Waals surface area contributed by atoms with Gasteiger partial charge in [0.05, 0.1) is 0 Å². The molecule has 2 heteroatoms. The fraction of sp³-hybridized carbons (Fsp3) is 1.00. The molecule has 2 aliphatic heterocycles. The van der Waals surface area contributed by atoms with Crippen LogP contribution in [0, 0.1) is 35.5 Å². The van der Waals surface area contributed by atoms with E-state index in [0.717, 1.165) is 59.7 Å². The van der Waals surface area contributed by atoms with Gasteiger partial charge in [0, 0.05) is 24.2 Å². The van der Waals surface area contributed by atoms with Gasteiger partial charge in [-0.25, -0.2) is 0 Å². The molecule has 2 aliphatic rings. The highest BCUT2D eigenvalue weighted by Crippen LogP contribution is 2.32. The Labute approximate surface area is 196 Å². The Bertz CT molecular complexity index is 395. The van der Waals surface area contributed by atoms with Crippen LogP contribution in [-0.2, 0) is 0 Å². The van der Waals surface area contributed by atoms with Gasteiger partial charge in [0.1, 0.15) is 0 Å². The van der Waals surface area contributed by atoms with Gasteiger partial charge >= 0.3 is 0 Å². The lowest BCUT2D eigenvalue weighted by molar-refractivity contribution is 0.166. The molecule has 0 aromatic carbocycles. The van der Waals surface area contributed by atoms with Gasteiger partial charge in [-0.3, -0.25) is 0 Å². The molecule has 2 N–H and O–H groups in total. The van der Waals surface area contributed by atoms with Crippen LogP contribution in [0.2, 0.25) is 0 Å². The molecule has 0 radical (unpaired) electrons. The van der Waals surface area contributed by atoms with Crippen molar-refractivity contribution in [1.29, 1.82) is 0 Å². The minimum absolute atomic E-state index is 0.737. The topological polar surface area (TPSA) is 24.1 Å². The number of hydrogen-bond donors (Lipinski definition) is 2. The zero-order valence-corrected chi connectivity index (χ0v) is 22.6. The minimum Gasteiger partial charge on any atom is -0.311 e. The second kappa shape index (κ2) is 13.6. The monoisotopic (exact) mass is 434 g/mol. The number of unbranched alkanes of at least 4 members (excludes halogenated alkanes) is 4. The van der Waals surface area contributed by atoms with Gasteiger partial charge in [-0.05, 0) is 61.2 Å². The van der Waals surface area contributed by atoms with E-state index in [4.69, 9.17) is 0 Å². The molecule has 0 amide bonds. The smallest absolute Gasteiger partial charge is 0.00954 e. The van der Waals surface area contributed by atoms with Gasteiger partial charge in [0.25, 0.3) is 0 Å². The molecule has 2 heterocycles. The Hall–Kier alpha value is -0.0800. The van der Waals surface area contributed by atoms with Crippen LogP contribution in [0.15, 0.2) is 0 Å². The second-order valence-corrected chi connectivity index (χ2v) is 12.8. The van der Waals surface area contributed by atoms with Crippen LogP contribution >= 0.6 is 0 Å². The van der Waals surface area contributed by atoms with E-state index in [1.165, 1.54) is 70.6 Å². The minimum atomic E-state index is 0.737. The Balaban J connectivity index is 1.61. The lowest BCUT2D eigenvalue weighted by Gasteiger charge is -2.40. The van der Waals surface area contributed by atoms with Crippen LogP contribution in [0.3, 0.4) is 0 Å². The largest absolute Gasteiger partial charge is 0.311 e. The van der Waals surface area contributed by atoms with Crippen molar-refractivity contribution in [3.63, 3.8) is 0 Å². The van der Waals surface area contributed by atoms with Crippen LogP contribution in [0.1, 0.15) is 126 Å². The summed E-state index contributed by atoms with van der Waals surface area (Å²) in [5.74, 6) is 4.98. The maximum atomic E-state index is 3.95. The van der Waals surface area contributed by atoms with Crippen molar-refractivity contribution in [2.75, 3.05) is 0 Å². The Morgan fingerprint density at radius 1 is 0.452 bits per heavy atom. The average molecular weight is 435 g/mol. The number of hydrogen-bond acceptors (Lipinski definition) is 2. The summed E-state index contributed by atoms with van der Waals surface area (Å²) in [6, 6.07) is 2.95. The van der Waals surface area contributed by atoms with E-state index in [2.05, 4.69) is 66.0 Å². The number of rotatable bonds is 12. The Morgan fingerprint density at radius 3 is 0.968 bits per heavy atom. The molecule has 2 rings (SSSR count). The summed E-state index contributed by atoms with van der Waals surface area (Å²) in [6.07, 6.45) is 15.8. The van der Waals surface area contributed by atoms with Gasteiger partial charge in [0.2, 0.25) is 0 Å². The second-order valence-electron chi connectivity index (χ2n) is 12.8. The van der Waals surface area contributed by atoms with Crippen LogP contribution in [0.25, 0.3) is 0 Å². The molecule has 0 spiro atoms. The number of piperidine rings is 2. The fourth-order valence-electron chi connectivity index (χ4n) is 6.18. The van der Waals surface area contributed by atoms with Crippen molar-refractivity contribution in [2.24, 2.45) is 35.5 Å². The lowest BCUT2D eigenvalue weighted by atomic mass is 9.78. The third kappa shape index (κ3) is 9.36. The highest BCUT2D eigenvalue weighted by atomic mass is 15.0. The zero-order chi connectivity index (χ0) is 23.0. The molecule has 0 bridgehead atoms. The van der Waals surface area contributed by atoms with E-state index in [0.29, 0.717) is 0 Å². The maximum absolute atomic E-state index is 3.95. The molecule has 0 saturated carbocycles. The SMILES string of the molecule is CC(C)C1CC(CCCCCCCC2CC(C(C)C)NC(C(C)C)C2)CC(C(C)C)N1. The van der Waals surface area contributed by atoms with Gasteiger partial charge in [-0.1, -0.05) is 100 Å². The maximum Gasteiger partial charge on any atom is 0.00954 e. The zero-order valence-electron chi connectivity index (χ0n) is 22.6. The predicted molar refractivity (Wildman–Crippen MR) is 139 cm³/mol. The van der Waals surface area contributed by atoms with Gasteiger partial charge in [-0.2, -0.15) is 0 Å². The van der Waals surface area contributed by atoms with Crippen molar-refractivity contribution in [3.8, 4) is 0 Å². The molecular weight excluding hydrogens is 376 g/mol. The molecule has 0 aromatic heterocycles. The summed E-state index contributed by atoms with van der Waals surface area (Å²) in [7, 11) is 0. The van der Waals surface area contributed by atoms with Crippen molar-refractivity contribution < 1.29 is 0 Å². The Kier molecular flexibility index (Phi) is 11.9. The van der Waals surface area contributed by atoms with Crippen LogP contribution < -0.4 is 10.6 Å². The van der Waals surface area contributed by atoms with E-state index >= 15 is 0 Å². The molecule has 4 atom stereocenters. The molecule has 0 aromatic rings. The molecule has 0 aliphatic carbocycles. The third-order valence-corrected chi connectivity index (χ3v) is 8.65. The van der Waals surface area contributed by atoms with E-state index in [1.54, 1.807) is 0 Å². The van der Waals surface area contributed by atoms with Crippen molar-refractivity contribution in [3.05, 3.63) is 0 Å². The lowest BCUT2D eigenvalue weighted by Crippen LogP contribution is -2.50. The summed E-state index contributed by atoms with van der Waals surface area (Å²) in [6.45, 7) is 19.2. The van der Waals surface area contributed by atoms with Crippen molar-refractivity contribution in [2.45, 2.75) is 150 Å². The van der Waals surface area contributed by atoms with E-state index in [9.17, 15) is 0 Å². The molecule has 2 saturated heterocycles. The van der Waals surface area contributed by atoms with E-state index in [-0.39, 0.29) is 0 Å². The molecule has 2 fully saturated rings. The average Bonchev–Trinajstić information content (AvgIpc) is 2.72. The van der Waals surface area contributed by atoms with E-state index < -0.39 is 0 Å². The molecule has 31 heavy (non-hydrogen) atoms. The van der Waals surface area contributed by atoms with Gasteiger partial charge in [-0.15, -0.1) is 0 Å². The Morgan fingerprint density at radius 2 is 0.710 bits per heavy atom. The normalized spacial score (nSPS) is 32.5. The first-order chi connectivity index (χ1) is 14.7. The van der Waals surface area contributed by atoms with Gasteiger partial charge < -0.3 is 10.6 Å². The summed E-state index contributed by atoms with van der Waals surface area (Å²) in [4.78, 5) is 0. The first-order valence-corrected chi connectivity index (χ1v) is 14.2.